The Hall–Kier alpha value is -0.290. The Bertz CT molecular complexity index is 276. The van der Waals surface area contributed by atoms with E-state index in [0.29, 0.717) is 11.8 Å². The van der Waals surface area contributed by atoms with E-state index in [-0.39, 0.29) is 0 Å². The highest BCUT2D eigenvalue weighted by Gasteiger charge is 2.11. The molecule has 1 aromatic carbocycles. The molecule has 1 N–H and O–H groups in total. The van der Waals surface area contributed by atoms with Gasteiger partial charge in [0, 0.05) is 6.04 Å². The molecule has 86 valence electrons. The number of phenolic OH excluding ortho intramolecular Hbond substituents is 1. The van der Waals surface area contributed by atoms with Gasteiger partial charge in [-0.25, -0.2) is 0 Å². The van der Waals surface area contributed by atoms with Crippen molar-refractivity contribution in [2.24, 2.45) is 0 Å². The largest absolute Gasteiger partial charge is 0.508 e. The molecule has 0 bridgehead atoms. The smallest absolute Gasteiger partial charge is 0.115 e. The van der Waals surface area contributed by atoms with Gasteiger partial charge in [0.05, 0.1) is 0 Å². The lowest BCUT2D eigenvalue weighted by Gasteiger charge is -2.23. The SMILES string of the molecule is CCC(c1cccc(O)c1)N(C)C.CI. The van der Waals surface area contributed by atoms with Crippen molar-refractivity contribution in [1.29, 1.82) is 0 Å². The maximum atomic E-state index is 9.32. The summed E-state index contributed by atoms with van der Waals surface area (Å²) in [4.78, 5) is 4.13. The number of benzene rings is 1. The summed E-state index contributed by atoms with van der Waals surface area (Å²) in [6.45, 7) is 2.15. The van der Waals surface area contributed by atoms with Gasteiger partial charge >= 0.3 is 0 Å². The molecule has 0 aliphatic heterocycles. The Morgan fingerprint density at radius 3 is 2.33 bits per heavy atom. The third-order valence-corrected chi connectivity index (χ3v) is 2.27. The van der Waals surface area contributed by atoms with Gasteiger partial charge in [-0.3, -0.25) is 0 Å². The predicted molar refractivity (Wildman–Crippen MR) is 74.8 cm³/mol. The van der Waals surface area contributed by atoms with Crippen LogP contribution in [0.5, 0.6) is 5.75 Å². The first kappa shape index (κ1) is 14.7. The van der Waals surface area contributed by atoms with Crippen LogP contribution in [0.1, 0.15) is 24.9 Å². The molecule has 1 atom stereocenters. The topological polar surface area (TPSA) is 23.5 Å². The zero-order valence-corrected chi connectivity index (χ0v) is 12.0. The van der Waals surface area contributed by atoms with Crippen LogP contribution in [0.4, 0.5) is 0 Å². The van der Waals surface area contributed by atoms with Crippen molar-refractivity contribution in [3.8, 4) is 5.75 Å². The summed E-state index contributed by atoms with van der Waals surface area (Å²) in [7, 11) is 4.11. The van der Waals surface area contributed by atoms with E-state index in [2.05, 4.69) is 48.5 Å². The zero-order chi connectivity index (χ0) is 11.8. The molecule has 0 saturated heterocycles. The monoisotopic (exact) mass is 321 g/mol. The van der Waals surface area contributed by atoms with Crippen molar-refractivity contribution >= 4 is 22.6 Å². The fourth-order valence-electron chi connectivity index (χ4n) is 1.63. The summed E-state index contributed by atoms with van der Waals surface area (Å²) in [5, 5.41) is 9.32. The highest BCUT2D eigenvalue weighted by molar-refractivity contribution is 14.1. The number of nitrogens with zero attached hydrogens (tertiary/aromatic N) is 1. The molecule has 3 heteroatoms. The van der Waals surface area contributed by atoms with Gasteiger partial charge in [0.15, 0.2) is 0 Å². The Morgan fingerprint density at radius 1 is 1.33 bits per heavy atom. The molecular formula is C12H20INO. The quantitative estimate of drug-likeness (QED) is 0.681. The first-order valence-electron chi connectivity index (χ1n) is 4.98. The maximum Gasteiger partial charge on any atom is 0.115 e. The van der Waals surface area contributed by atoms with Gasteiger partial charge in [-0.1, -0.05) is 41.6 Å². The normalized spacial score (nSPS) is 11.9. The molecule has 1 rings (SSSR count). The van der Waals surface area contributed by atoms with Crippen molar-refractivity contribution in [2.45, 2.75) is 19.4 Å². The van der Waals surface area contributed by atoms with Gasteiger partial charge in [-0.2, -0.15) is 0 Å². The third-order valence-electron chi connectivity index (χ3n) is 2.27. The van der Waals surface area contributed by atoms with Crippen LogP contribution in [0.25, 0.3) is 0 Å². The third kappa shape index (κ3) is 4.84. The number of hydrogen-bond donors (Lipinski definition) is 1. The summed E-state index contributed by atoms with van der Waals surface area (Å²) in [6.07, 6.45) is 1.05. The highest BCUT2D eigenvalue weighted by atomic mass is 127. The maximum absolute atomic E-state index is 9.32. The predicted octanol–water partition coefficient (Wildman–Crippen LogP) is 3.46. The molecule has 0 radical (unpaired) electrons. The Kier molecular flexibility index (Phi) is 7.78. The summed E-state index contributed by atoms with van der Waals surface area (Å²) in [5.41, 5.74) is 1.17. The van der Waals surface area contributed by atoms with Crippen LogP contribution in [-0.4, -0.2) is 29.0 Å². The molecule has 0 fully saturated rings. The van der Waals surface area contributed by atoms with E-state index in [9.17, 15) is 5.11 Å². The van der Waals surface area contributed by atoms with Crippen molar-refractivity contribution < 1.29 is 5.11 Å². The summed E-state index contributed by atoms with van der Waals surface area (Å²) >= 11 is 2.15. The van der Waals surface area contributed by atoms with Crippen LogP contribution >= 0.6 is 22.6 Å². The van der Waals surface area contributed by atoms with Crippen LogP contribution < -0.4 is 0 Å². The molecule has 2 nitrogen and oxygen atoms in total. The van der Waals surface area contributed by atoms with Crippen LogP contribution in [0.3, 0.4) is 0 Å². The van der Waals surface area contributed by atoms with E-state index < -0.39 is 0 Å². The van der Waals surface area contributed by atoms with Crippen LogP contribution in [0.15, 0.2) is 24.3 Å². The van der Waals surface area contributed by atoms with Crippen LogP contribution in [0.2, 0.25) is 0 Å². The number of phenols is 1. The van der Waals surface area contributed by atoms with Gasteiger partial charge in [-0.05, 0) is 43.1 Å². The van der Waals surface area contributed by atoms with E-state index >= 15 is 0 Å². The molecule has 1 aromatic rings. The summed E-state index contributed by atoms with van der Waals surface area (Å²) in [6, 6.07) is 7.86. The molecule has 0 amide bonds. The highest BCUT2D eigenvalue weighted by Crippen LogP contribution is 2.24. The minimum Gasteiger partial charge on any atom is -0.508 e. The van der Waals surface area contributed by atoms with Gasteiger partial charge in [0.2, 0.25) is 0 Å². The fraction of sp³-hybridized carbons (Fsp3) is 0.500. The molecule has 0 saturated carbocycles. The van der Waals surface area contributed by atoms with Gasteiger partial charge in [0.1, 0.15) is 5.75 Å². The number of halogens is 1. The number of hydrogen-bond acceptors (Lipinski definition) is 2. The number of rotatable bonds is 3. The second-order valence-corrected chi connectivity index (χ2v) is 3.48. The van der Waals surface area contributed by atoms with Crippen molar-refractivity contribution in [3.63, 3.8) is 0 Å². The molecule has 0 aliphatic carbocycles. The molecule has 0 aliphatic rings. The first-order chi connectivity index (χ1) is 7.15. The average Bonchev–Trinajstić information content (AvgIpc) is 2.21. The van der Waals surface area contributed by atoms with E-state index in [1.165, 1.54) is 5.56 Å². The average molecular weight is 321 g/mol. The van der Waals surface area contributed by atoms with Crippen LogP contribution in [0, 0.1) is 0 Å². The van der Waals surface area contributed by atoms with Crippen molar-refractivity contribution in [3.05, 3.63) is 29.8 Å². The molecule has 0 spiro atoms. The van der Waals surface area contributed by atoms with Gasteiger partial charge in [-0.15, -0.1) is 0 Å². The second kappa shape index (κ2) is 7.93. The standard InChI is InChI=1S/C11H17NO.CH3I/c1-4-11(12(2)3)9-6-5-7-10(13)8-9;1-2/h5-8,11,13H,4H2,1-3H3;1H3. The Labute approximate surface area is 106 Å². The minimum atomic E-state index is 0.345. The lowest BCUT2D eigenvalue weighted by Crippen LogP contribution is -2.18. The minimum absolute atomic E-state index is 0.345. The molecule has 0 aromatic heterocycles. The van der Waals surface area contributed by atoms with Gasteiger partial charge in [0.25, 0.3) is 0 Å². The summed E-state index contributed by atoms with van der Waals surface area (Å²) in [5.74, 6) is 0.345. The molecule has 0 heterocycles. The van der Waals surface area contributed by atoms with Crippen LogP contribution in [-0.2, 0) is 0 Å². The van der Waals surface area contributed by atoms with E-state index in [1.807, 2.05) is 23.1 Å². The van der Waals surface area contributed by atoms with Gasteiger partial charge < -0.3 is 10.0 Å². The Morgan fingerprint density at radius 2 is 1.93 bits per heavy atom. The lowest BCUT2D eigenvalue weighted by molar-refractivity contribution is 0.291. The van der Waals surface area contributed by atoms with E-state index in [1.54, 1.807) is 6.07 Å². The van der Waals surface area contributed by atoms with Crippen molar-refractivity contribution in [1.82, 2.24) is 4.90 Å². The Balaban J connectivity index is 0.000000921. The lowest BCUT2D eigenvalue weighted by atomic mass is 10.0. The fourth-order valence-corrected chi connectivity index (χ4v) is 1.63. The summed E-state index contributed by atoms with van der Waals surface area (Å²) < 4.78 is 0. The molecule has 1 unspecified atom stereocenters. The van der Waals surface area contributed by atoms with E-state index in [4.69, 9.17) is 0 Å². The number of aromatic hydroxyl groups is 1. The second-order valence-electron chi connectivity index (χ2n) is 3.48. The first-order valence-corrected chi connectivity index (χ1v) is 7.14. The molecule has 15 heavy (non-hydrogen) atoms. The van der Waals surface area contributed by atoms with Crippen molar-refractivity contribution in [2.75, 3.05) is 19.0 Å². The number of alkyl halides is 1. The molecular weight excluding hydrogens is 301 g/mol. The van der Waals surface area contributed by atoms with E-state index in [0.717, 1.165) is 6.42 Å². The zero-order valence-electron chi connectivity index (χ0n) is 9.87.